The number of ketones is 1. The fraction of sp³-hybridized carbons (Fsp3) is 0.200. The standard InChI is InChI=1S/C25H23NO3S/c1-16-10-11-17(2)19(15-16)23(27)21-22(20-9-6-14-30-20)26(25(29)24(21)28)13-12-18-7-4-3-5-8-18/h3-11,14-15,22,27H,12-13H2,1-2H3/b23-21+. The summed E-state index contributed by atoms with van der Waals surface area (Å²) in [5.74, 6) is -1.29. The molecule has 1 atom stereocenters. The number of carbonyl (C=O) groups is 2. The van der Waals surface area contributed by atoms with E-state index in [2.05, 4.69) is 0 Å². The maximum absolute atomic E-state index is 13.0. The van der Waals surface area contributed by atoms with Gasteiger partial charge in [-0.15, -0.1) is 11.3 Å². The molecule has 4 nitrogen and oxygen atoms in total. The number of amides is 1. The highest BCUT2D eigenvalue weighted by molar-refractivity contribution is 7.10. The van der Waals surface area contributed by atoms with Gasteiger partial charge < -0.3 is 10.0 Å². The van der Waals surface area contributed by atoms with Crippen molar-refractivity contribution in [2.24, 2.45) is 0 Å². The minimum atomic E-state index is -0.625. The Kier molecular flexibility index (Phi) is 5.55. The Morgan fingerprint density at radius 1 is 1.03 bits per heavy atom. The number of nitrogens with zero attached hydrogens (tertiary/aromatic N) is 1. The van der Waals surface area contributed by atoms with Crippen LogP contribution in [0.15, 0.2) is 71.6 Å². The maximum atomic E-state index is 13.0. The molecule has 2 aromatic carbocycles. The van der Waals surface area contributed by atoms with Crippen LogP contribution in [0.4, 0.5) is 0 Å². The van der Waals surface area contributed by atoms with Crippen LogP contribution in [-0.2, 0) is 16.0 Å². The van der Waals surface area contributed by atoms with Crippen molar-refractivity contribution in [2.45, 2.75) is 26.3 Å². The smallest absolute Gasteiger partial charge is 0.295 e. The average molecular weight is 418 g/mol. The minimum absolute atomic E-state index is 0.102. The number of hydrogen-bond donors (Lipinski definition) is 1. The van der Waals surface area contributed by atoms with Crippen molar-refractivity contribution in [2.75, 3.05) is 6.54 Å². The number of hydrogen-bond acceptors (Lipinski definition) is 4. The first kappa shape index (κ1) is 20.1. The van der Waals surface area contributed by atoms with Crippen molar-refractivity contribution >= 4 is 28.8 Å². The number of benzene rings is 2. The van der Waals surface area contributed by atoms with Gasteiger partial charge in [0, 0.05) is 17.0 Å². The van der Waals surface area contributed by atoms with E-state index in [4.69, 9.17) is 0 Å². The number of carbonyl (C=O) groups excluding carboxylic acids is 2. The zero-order valence-corrected chi connectivity index (χ0v) is 17.8. The zero-order chi connectivity index (χ0) is 21.3. The van der Waals surface area contributed by atoms with Gasteiger partial charge >= 0.3 is 0 Å². The molecule has 3 aromatic rings. The third-order valence-electron chi connectivity index (χ3n) is 5.49. The van der Waals surface area contributed by atoms with E-state index in [-0.39, 0.29) is 11.3 Å². The first-order chi connectivity index (χ1) is 14.5. The first-order valence-corrected chi connectivity index (χ1v) is 10.8. The Labute approximate surface area is 180 Å². The van der Waals surface area contributed by atoms with E-state index in [0.29, 0.717) is 18.5 Å². The van der Waals surface area contributed by atoms with Gasteiger partial charge in [0.1, 0.15) is 5.76 Å². The van der Waals surface area contributed by atoms with Gasteiger partial charge in [-0.1, -0.05) is 54.1 Å². The van der Waals surface area contributed by atoms with Crippen molar-refractivity contribution in [3.63, 3.8) is 0 Å². The lowest BCUT2D eigenvalue weighted by molar-refractivity contribution is -0.139. The quantitative estimate of drug-likeness (QED) is 0.360. The van der Waals surface area contributed by atoms with Crippen LogP contribution in [0.25, 0.3) is 5.76 Å². The lowest BCUT2D eigenvalue weighted by atomic mass is 9.96. The fourth-order valence-electron chi connectivity index (χ4n) is 3.88. The summed E-state index contributed by atoms with van der Waals surface area (Å²) in [4.78, 5) is 28.5. The molecule has 5 heteroatoms. The van der Waals surface area contributed by atoms with Gasteiger partial charge in [-0.25, -0.2) is 0 Å². The molecular weight excluding hydrogens is 394 g/mol. The highest BCUT2D eigenvalue weighted by Gasteiger charge is 2.46. The van der Waals surface area contributed by atoms with Gasteiger partial charge in [-0.05, 0) is 48.9 Å². The van der Waals surface area contributed by atoms with Gasteiger partial charge in [0.2, 0.25) is 0 Å². The summed E-state index contributed by atoms with van der Waals surface area (Å²) in [6.45, 7) is 4.23. The second kappa shape index (κ2) is 8.28. The molecule has 2 heterocycles. The van der Waals surface area contributed by atoms with Crippen molar-refractivity contribution in [3.05, 3.63) is 98.7 Å². The molecule has 1 unspecified atom stereocenters. The topological polar surface area (TPSA) is 57.6 Å². The van der Waals surface area contributed by atoms with E-state index in [9.17, 15) is 14.7 Å². The molecule has 152 valence electrons. The molecular formula is C25H23NO3S. The second-order valence-corrected chi connectivity index (χ2v) is 8.54. The van der Waals surface area contributed by atoms with Crippen LogP contribution < -0.4 is 0 Å². The summed E-state index contributed by atoms with van der Waals surface area (Å²) < 4.78 is 0. The molecule has 1 aromatic heterocycles. The van der Waals surface area contributed by atoms with Gasteiger partial charge in [0.05, 0.1) is 11.6 Å². The van der Waals surface area contributed by atoms with Crippen molar-refractivity contribution < 1.29 is 14.7 Å². The van der Waals surface area contributed by atoms with Gasteiger partial charge in [0.25, 0.3) is 11.7 Å². The third kappa shape index (κ3) is 3.68. The highest BCUT2D eigenvalue weighted by Crippen LogP contribution is 2.41. The molecule has 1 saturated heterocycles. The molecule has 1 aliphatic rings. The van der Waals surface area contributed by atoms with E-state index in [1.807, 2.05) is 79.9 Å². The Bertz CT molecular complexity index is 1120. The number of Topliss-reactive ketones (excluding diaryl/α,β-unsaturated/α-hetero) is 1. The predicted octanol–water partition coefficient (Wildman–Crippen LogP) is 5.03. The van der Waals surface area contributed by atoms with Crippen LogP contribution in [0.1, 0.15) is 33.2 Å². The van der Waals surface area contributed by atoms with Crippen LogP contribution in [0, 0.1) is 13.8 Å². The molecule has 0 bridgehead atoms. The second-order valence-electron chi connectivity index (χ2n) is 7.56. The highest BCUT2D eigenvalue weighted by atomic mass is 32.1. The summed E-state index contributed by atoms with van der Waals surface area (Å²) in [5.41, 5.74) is 3.70. The SMILES string of the molecule is Cc1ccc(C)c(/C(O)=C2\C(=O)C(=O)N(CCc3ccccc3)C2c2cccs2)c1. The Balaban J connectivity index is 1.78. The third-order valence-corrected chi connectivity index (χ3v) is 6.41. The van der Waals surface area contributed by atoms with Crippen molar-refractivity contribution in [1.29, 1.82) is 0 Å². The first-order valence-electron chi connectivity index (χ1n) is 9.90. The molecule has 0 aliphatic carbocycles. The predicted molar refractivity (Wildman–Crippen MR) is 119 cm³/mol. The molecule has 30 heavy (non-hydrogen) atoms. The molecule has 1 aliphatic heterocycles. The van der Waals surface area contributed by atoms with Gasteiger partial charge in [-0.3, -0.25) is 9.59 Å². The molecule has 0 spiro atoms. The molecule has 1 fully saturated rings. The van der Waals surface area contributed by atoms with E-state index < -0.39 is 17.7 Å². The minimum Gasteiger partial charge on any atom is -0.507 e. The normalized spacial score (nSPS) is 18.2. The van der Waals surface area contributed by atoms with Crippen molar-refractivity contribution in [1.82, 2.24) is 4.90 Å². The molecule has 0 saturated carbocycles. The number of likely N-dealkylation sites (tertiary alicyclic amines) is 1. The Morgan fingerprint density at radius 2 is 1.80 bits per heavy atom. The van der Waals surface area contributed by atoms with E-state index in [1.54, 1.807) is 4.90 Å². The monoisotopic (exact) mass is 417 g/mol. The van der Waals surface area contributed by atoms with Gasteiger partial charge in [0.15, 0.2) is 0 Å². The zero-order valence-electron chi connectivity index (χ0n) is 17.0. The number of aryl methyl sites for hydroxylation is 2. The summed E-state index contributed by atoms with van der Waals surface area (Å²) in [7, 11) is 0. The number of thiophene rings is 1. The van der Waals surface area contributed by atoms with Crippen molar-refractivity contribution in [3.8, 4) is 0 Å². The van der Waals surface area contributed by atoms with Crippen LogP contribution >= 0.6 is 11.3 Å². The summed E-state index contributed by atoms with van der Waals surface area (Å²) in [6, 6.07) is 18.8. The van der Waals surface area contributed by atoms with E-state index in [0.717, 1.165) is 21.6 Å². The lowest BCUT2D eigenvalue weighted by Crippen LogP contribution is -2.31. The number of aliphatic hydroxyl groups excluding tert-OH is 1. The van der Waals surface area contributed by atoms with Gasteiger partial charge in [-0.2, -0.15) is 0 Å². The summed E-state index contributed by atoms with van der Waals surface area (Å²) >= 11 is 1.48. The average Bonchev–Trinajstić information content (AvgIpc) is 3.36. The fourth-order valence-corrected chi connectivity index (χ4v) is 4.73. The summed E-state index contributed by atoms with van der Waals surface area (Å²) in [6.07, 6.45) is 0.638. The molecule has 0 radical (unpaired) electrons. The largest absolute Gasteiger partial charge is 0.507 e. The van der Waals surface area contributed by atoms with Crippen LogP contribution in [0.3, 0.4) is 0 Å². The van der Waals surface area contributed by atoms with Crippen LogP contribution in [0.5, 0.6) is 0 Å². The van der Waals surface area contributed by atoms with E-state index in [1.165, 1.54) is 11.3 Å². The van der Waals surface area contributed by atoms with Crippen LogP contribution in [-0.4, -0.2) is 28.2 Å². The van der Waals surface area contributed by atoms with E-state index >= 15 is 0 Å². The number of aliphatic hydroxyl groups is 1. The Morgan fingerprint density at radius 3 is 2.50 bits per heavy atom. The molecule has 4 rings (SSSR count). The number of rotatable bonds is 5. The molecule has 1 amide bonds. The molecule has 1 N–H and O–H groups in total. The van der Waals surface area contributed by atoms with Crippen LogP contribution in [0.2, 0.25) is 0 Å². The Hall–Kier alpha value is -3.18. The summed E-state index contributed by atoms with van der Waals surface area (Å²) in [5, 5.41) is 13.1. The maximum Gasteiger partial charge on any atom is 0.295 e. The lowest BCUT2D eigenvalue weighted by Gasteiger charge is -2.24.